The van der Waals surface area contributed by atoms with Crippen LogP contribution in [-0.2, 0) is 24.3 Å². The molecule has 2 atom stereocenters. The first kappa shape index (κ1) is 21.4. The summed E-state index contributed by atoms with van der Waals surface area (Å²) in [6.45, 7) is 7.10. The van der Waals surface area contributed by atoms with Crippen LogP contribution in [0.1, 0.15) is 45.6 Å². The molecule has 1 amide bonds. The number of nitrogens with one attached hydrogen (secondary N) is 2. The first-order valence-corrected chi connectivity index (χ1v) is 10.7. The molecule has 0 spiro atoms. The van der Waals surface area contributed by atoms with Crippen molar-refractivity contribution >= 4 is 21.9 Å². The summed E-state index contributed by atoms with van der Waals surface area (Å²) in [4.78, 5) is 24.6. The average Bonchev–Trinajstić information content (AvgIpc) is 3.37. The molecule has 150 valence electrons. The predicted molar refractivity (Wildman–Crippen MR) is 101 cm³/mol. The van der Waals surface area contributed by atoms with Gasteiger partial charge in [-0.1, -0.05) is 31.5 Å². The molecule has 0 saturated heterocycles. The van der Waals surface area contributed by atoms with E-state index in [0.29, 0.717) is 0 Å². The van der Waals surface area contributed by atoms with Gasteiger partial charge < -0.3 is 10.1 Å². The summed E-state index contributed by atoms with van der Waals surface area (Å²) < 4.78 is 32.9. The highest BCUT2D eigenvalue weighted by Crippen LogP contribution is 2.19. The fourth-order valence-corrected chi connectivity index (χ4v) is 3.69. The Kier molecular flexibility index (Phi) is 7.00. The highest BCUT2D eigenvalue weighted by atomic mass is 32.2. The van der Waals surface area contributed by atoms with E-state index >= 15 is 0 Å². The number of aryl methyl sites for hydroxylation is 1. The first-order valence-electron chi connectivity index (χ1n) is 9.18. The molecule has 2 rings (SSSR count). The number of hydrogen-bond acceptors (Lipinski definition) is 5. The maximum absolute atomic E-state index is 12.6. The number of sulfonamides is 1. The van der Waals surface area contributed by atoms with Crippen LogP contribution in [0.3, 0.4) is 0 Å². The van der Waals surface area contributed by atoms with Gasteiger partial charge in [-0.15, -0.1) is 0 Å². The van der Waals surface area contributed by atoms with Crippen molar-refractivity contribution < 1.29 is 22.7 Å². The van der Waals surface area contributed by atoms with Crippen LogP contribution in [0.5, 0.6) is 0 Å². The maximum atomic E-state index is 12.6. The minimum atomic E-state index is -3.88. The highest BCUT2D eigenvalue weighted by Gasteiger charge is 2.32. The van der Waals surface area contributed by atoms with Gasteiger partial charge in [0.05, 0.1) is 4.90 Å². The summed E-state index contributed by atoms with van der Waals surface area (Å²) >= 11 is 0. The molecule has 1 aromatic carbocycles. The van der Waals surface area contributed by atoms with Crippen LogP contribution in [0.25, 0.3) is 0 Å². The second kappa shape index (κ2) is 8.84. The zero-order valence-electron chi connectivity index (χ0n) is 16.2. The van der Waals surface area contributed by atoms with Crippen LogP contribution < -0.4 is 10.0 Å². The second-order valence-electron chi connectivity index (χ2n) is 7.48. The second-order valence-corrected chi connectivity index (χ2v) is 9.19. The van der Waals surface area contributed by atoms with Gasteiger partial charge in [-0.2, -0.15) is 4.72 Å². The summed E-state index contributed by atoms with van der Waals surface area (Å²) in [7, 11) is -3.88. The van der Waals surface area contributed by atoms with E-state index in [1.165, 1.54) is 19.1 Å². The fraction of sp³-hybridized carbons (Fsp3) is 0.579. The van der Waals surface area contributed by atoms with E-state index in [0.717, 1.165) is 18.4 Å². The van der Waals surface area contributed by atoms with Gasteiger partial charge in [-0.25, -0.2) is 8.42 Å². The van der Waals surface area contributed by atoms with Crippen molar-refractivity contribution in [2.45, 2.75) is 70.0 Å². The predicted octanol–water partition coefficient (Wildman–Crippen LogP) is 1.90. The third-order valence-corrected chi connectivity index (χ3v) is 5.69. The van der Waals surface area contributed by atoms with Crippen LogP contribution >= 0.6 is 0 Å². The lowest BCUT2D eigenvalue weighted by molar-refractivity contribution is -0.156. The number of carbonyl (C=O) groups is 2. The van der Waals surface area contributed by atoms with Gasteiger partial charge in [0, 0.05) is 6.04 Å². The Morgan fingerprint density at radius 2 is 1.74 bits per heavy atom. The molecule has 1 aliphatic carbocycles. The molecule has 2 N–H and O–H groups in total. The molecule has 7 nitrogen and oxygen atoms in total. The maximum Gasteiger partial charge on any atom is 0.324 e. The number of rotatable bonds is 9. The molecule has 1 saturated carbocycles. The number of benzene rings is 1. The molecule has 0 radical (unpaired) electrons. The average molecular weight is 397 g/mol. The molecular formula is C19H28N2O5S. The lowest BCUT2D eigenvalue weighted by Gasteiger charge is -2.21. The van der Waals surface area contributed by atoms with Crippen LogP contribution in [0.2, 0.25) is 0 Å². The van der Waals surface area contributed by atoms with Crippen molar-refractivity contribution in [1.82, 2.24) is 10.0 Å². The first-order chi connectivity index (χ1) is 12.6. The molecular weight excluding hydrogens is 368 g/mol. The van der Waals surface area contributed by atoms with E-state index in [2.05, 4.69) is 10.0 Å². The van der Waals surface area contributed by atoms with E-state index < -0.39 is 28.1 Å². The molecule has 1 aliphatic rings. The lowest BCUT2D eigenvalue weighted by atomic mass is 10.0. The lowest BCUT2D eigenvalue weighted by Crippen LogP contribution is -2.45. The van der Waals surface area contributed by atoms with Crippen LogP contribution in [0, 0.1) is 12.8 Å². The molecule has 0 unspecified atom stereocenters. The Bertz CT molecular complexity index is 770. The summed E-state index contributed by atoms with van der Waals surface area (Å²) in [5.41, 5.74) is 0.933. The molecule has 0 bridgehead atoms. The quantitative estimate of drug-likeness (QED) is 0.621. The minimum absolute atomic E-state index is 0.0545. The molecule has 1 fully saturated rings. The smallest absolute Gasteiger partial charge is 0.324 e. The molecule has 0 heterocycles. The van der Waals surface area contributed by atoms with Gasteiger partial charge in [0.15, 0.2) is 6.10 Å². The van der Waals surface area contributed by atoms with Gasteiger partial charge in [0.25, 0.3) is 5.91 Å². The van der Waals surface area contributed by atoms with Crippen molar-refractivity contribution in [3.63, 3.8) is 0 Å². The van der Waals surface area contributed by atoms with Gasteiger partial charge in [0.2, 0.25) is 10.0 Å². The summed E-state index contributed by atoms with van der Waals surface area (Å²) in [6.07, 6.45) is 1.15. The number of esters is 1. The van der Waals surface area contributed by atoms with E-state index in [1.54, 1.807) is 12.1 Å². The topological polar surface area (TPSA) is 102 Å². The highest BCUT2D eigenvalue weighted by molar-refractivity contribution is 7.89. The molecule has 0 aromatic heterocycles. The normalized spacial score (nSPS) is 16.6. The number of amides is 1. The van der Waals surface area contributed by atoms with Gasteiger partial charge in [-0.05, 0) is 51.2 Å². The Morgan fingerprint density at radius 1 is 1.15 bits per heavy atom. The SMILES string of the molecule is Cc1ccc(S(=O)(=O)N[C@H](CC(C)C)C(=O)O[C@H](C)C(=O)NC2CC2)cc1. The van der Waals surface area contributed by atoms with Crippen molar-refractivity contribution in [3.8, 4) is 0 Å². The van der Waals surface area contributed by atoms with Crippen molar-refractivity contribution in [2.24, 2.45) is 5.92 Å². The van der Waals surface area contributed by atoms with E-state index in [1.807, 2.05) is 20.8 Å². The van der Waals surface area contributed by atoms with E-state index in [4.69, 9.17) is 4.74 Å². The third kappa shape index (κ3) is 6.62. The van der Waals surface area contributed by atoms with Crippen molar-refractivity contribution in [3.05, 3.63) is 29.8 Å². The van der Waals surface area contributed by atoms with Crippen LogP contribution in [0.15, 0.2) is 29.2 Å². The molecule has 8 heteroatoms. The largest absolute Gasteiger partial charge is 0.451 e. The summed E-state index contributed by atoms with van der Waals surface area (Å²) in [5.74, 6) is -1.06. The van der Waals surface area contributed by atoms with E-state index in [-0.39, 0.29) is 29.2 Å². The standard InChI is InChI=1S/C19H28N2O5S/c1-12(2)11-17(19(23)26-14(4)18(22)20-15-7-8-15)21-27(24,25)16-9-5-13(3)6-10-16/h5-6,9-10,12,14-15,17,21H,7-8,11H2,1-4H3,(H,20,22)/t14-,17-/m1/s1. The zero-order chi connectivity index (χ0) is 20.2. The summed E-state index contributed by atoms with van der Waals surface area (Å²) in [5, 5.41) is 2.76. The number of ether oxygens (including phenoxy) is 1. The Hall–Kier alpha value is -1.93. The molecule has 27 heavy (non-hydrogen) atoms. The Morgan fingerprint density at radius 3 is 2.26 bits per heavy atom. The number of hydrogen-bond donors (Lipinski definition) is 2. The van der Waals surface area contributed by atoms with Crippen molar-refractivity contribution in [2.75, 3.05) is 0 Å². The monoisotopic (exact) mass is 396 g/mol. The zero-order valence-corrected chi connectivity index (χ0v) is 17.0. The minimum Gasteiger partial charge on any atom is -0.451 e. The summed E-state index contributed by atoms with van der Waals surface area (Å²) in [6, 6.07) is 5.45. The van der Waals surface area contributed by atoms with Crippen LogP contribution in [-0.4, -0.2) is 38.5 Å². The van der Waals surface area contributed by atoms with Crippen LogP contribution in [0.4, 0.5) is 0 Å². The molecule has 0 aliphatic heterocycles. The van der Waals surface area contributed by atoms with Crippen molar-refractivity contribution in [1.29, 1.82) is 0 Å². The Balaban J connectivity index is 2.07. The molecule has 1 aromatic rings. The van der Waals surface area contributed by atoms with Gasteiger partial charge >= 0.3 is 5.97 Å². The third-order valence-electron chi connectivity index (χ3n) is 4.21. The number of carbonyl (C=O) groups excluding carboxylic acids is 2. The van der Waals surface area contributed by atoms with Gasteiger partial charge in [0.1, 0.15) is 6.04 Å². The fourth-order valence-electron chi connectivity index (χ4n) is 2.49. The van der Waals surface area contributed by atoms with Gasteiger partial charge in [-0.3, -0.25) is 9.59 Å². The Labute approximate surface area is 160 Å². The van der Waals surface area contributed by atoms with E-state index in [9.17, 15) is 18.0 Å².